The Morgan fingerprint density at radius 2 is 2.05 bits per heavy atom. The lowest BCUT2D eigenvalue weighted by molar-refractivity contribution is 0.0137. The molecule has 0 atom stereocenters. The second-order valence-corrected chi connectivity index (χ2v) is 5.27. The Labute approximate surface area is 120 Å². The summed E-state index contributed by atoms with van der Waals surface area (Å²) in [7, 11) is 0. The van der Waals surface area contributed by atoms with Crippen molar-refractivity contribution in [3.8, 4) is 0 Å². The third-order valence-corrected chi connectivity index (χ3v) is 3.64. The maximum Gasteiger partial charge on any atom is 0.338 e. The van der Waals surface area contributed by atoms with E-state index in [-0.39, 0.29) is 5.97 Å². The van der Waals surface area contributed by atoms with E-state index in [2.05, 4.69) is 0 Å². The lowest BCUT2D eigenvalue weighted by Crippen LogP contribution is -2.30. The number of hydrogen-bond acceptors (Lipinski definition) is 4. The molecule has 1 aromatic rings. The van der Waals surface area contributed by atoms with E-state index in [4.69, 9.17) is 15.2 Å². The van der Waals surface area contributed by atoms with Crippen LogP contribution in [0.5, 0.6) is 0 Å². The molecule has 0 spiro atoms. The Morgan fingerprint density at radius 3 is 2.75 bits per heavy atom. The molecular formula is C16H23NO3. The van der Waals surface area contributed by atoms with Gasteiger partial charge in [0.05, 0.1) is 24.9 Å². The van der Waals surface area contributed by atoms with Gasteiger partial charge in [-0.05, 0) is 50.3 Å². The standard InChI is InChI=1S/C16H23NO3/c1-2-19-16(18)13-5-3-4-12(10-13)11-20-15-8-6-14(17)7-9-15/h3-5,10,14-15H,2,6-9,11,17H2,1H3. The summed E-state index contributed by atoms with van der Waals surface area (Å²) >= 11 is 0. The van der Waals surface area contributed by atoms with E-state index in [9.17, 15) is 4.79 Å². The number of nitrogens with two attached hydrogens (primary N) is 1. The van der Waals surface area contributed by atoms with Gasteiger partial charge in [-0.3, -0.25) is 0 Å². The maximum atomic E-state index is 11.7. The van der Waals surface area contributed by atoms with E-state index < -0.39 is 0 Å². The summed E-state index contributed by atoms with van der Waals surface area (Å²) in [6, 6.07) is 7.77. The molecular weight excluding hydrogens is 254 g/mol. The van der Waals surface area contributed by atoms with Crippen LogP contribution in [0.1, 0.15) is 48.5 Å². The molecule has 1 saturated carbocycles. The van der Waals surface area contributed by atoms with E-state index in [1.165, 1.54) is 0 Å². The van der Waals surface area contributed by atoms with E-state index >= 15 is 0 Å². The van der Waals surface area contributed by atoms with Crippen LogP contribution in [0.15, 0.2) is 24.3 Å². The van der Waals surface area contributed by atoms with Crippen molar-refractivity contribution in [1.82, 2.24) is 0 Å². The number of carbonyl (C=O) groups is 1. The molecule has 20 heavy (non-hydrogen) atoms. The minimum Gasteiger partial charge on any atom is -0.462 e. The third kappa shape index (κ3) is 4.32. The number of esters is 1. The number of benzene rings is 1. The van der Waals surface area contributed by atoms with Crippen LogP contribution in [0.25, 0.3) is 0 Å². The van der Waals surface area contributed by atoms with Crippen LogP contribution in [0.3, 0.4) is 0 Å². The van der Waals surface area contributed by atoms with Crippen molar-refractivity contribution >= 4 is 5.97 Å². The minimum absolute atomic E-state index is 0.280. The molecule has 110 valence electrons. The fraction of sp³-hybridized carbons (Fsp3) is 0.562. The second kappa shape index (κ2) is 7.41. The quantitative estimate of drug-likeness (QED) is 0.840. The molecule has 0 amide bonds. The highest BCUT2D eigenvalue weighted by atomic mass is 16.5. The van der Waals surface area contributed by atoms with Gasteiger partial charge in [0.25, 0.3) is 0 Å². The average Bonchev–Trinajstić information content (AvgIpc) is 2.47. The van der Waals surface area contributed by atoms with Crippen LogP contribution < -0.4 is 5.73 Å². The molecule has 0 radical (unpaired) electrons. The van der Waals surface area contributed by atoms with Crippen LogP contribution in [0.2, 0.25) is 0 Å². The van der Waals surface area contributed by atoms with Crippen molar-refractivity contribution in [3.63, 3.8) is 0 Å². The summed E-state index contributed by atoms with van der Waals surface area (Å²) in [5.41, 5.74) is 7.47. The fourth-order valence-corrected chi connectivity index (χ4v) is 2.47. The number of rotatable bonds is 5. The van der Waals surface area contributed by atoms with Crippen molar-refractivity contribution in [2.75, 3.05) is 6.61 Å². The molecule has 0 unspecified atom stereocenters. The van der Waals surface area contributed by atoms with Crippen molar-refractivity contribution < 1.29 is 14.3 Å². The zero-order chi connectivity index (χ0) is 14.4. The predicted molar refractivity (Wildman–Crippen MR) is 77.4 cm³/mol. The van der Waals surface area contributed by atoms with E-state index in [0.717, 1.165) is 31.2 Å². The van der Waals surface area contributed by atoms with Gasteiger partial charge in [0.15, 0.2) is 0 Å². The van der Waals surface area contributed by atoms with Gasteiger partial charge in [-0.25, -0.2) is 4.79 Å². The molecule has 1 fully saturated rings. The molecule has 4 heteroatoms. The van der Waals surface area contributed by atoms with E-state index in [0.29, 0.717) is 30.9 Å². The maximum absolute atomic E-state index is 11.7. The van der Waals surface area contributed by atoms with Gasteiger partial charge < -0.3 is 15.2 Å². The predicted octanol–water partition coefficient (Wildman–Crippen LogP) is 2.65. The Balaban J connectivity index is 1.86. The van der Waals surface area contributed by atoms with Crippen molar-refractivity contribution in [2.24, 2.45) is 5.73 Å². The Hall–Kier alpha value is -1.39. The van der Waals surface area contributed by atoms with Crippen LogP contribution >= 0.6 is 0 Å². The Kier molecular flexibility index (Phi) is 5.56. The molecule has 0 aliphatic heterocycles. The fourth-order valence-electron chi connectivity index (χ4n) is 2.47. The summed E-state index contributed by atoms with van der Waals surface area (Å²) in [6.45, 7) is 2.73. The lowest BCUT2D eigenvalue weighted by atomic mass is 9.94. The number of ether oxygens (including phenoxy) is 2. The summed E-state index contributed by atoms with van der Waals surface area (Å²) in [6.07, 6.45) is 4.42. The van der Waals surface area contributed by atoms with Gasteiger partial charge in [-0.2, -0.15) is 0 Å². The molecule has 0 heterocycles. The molecule has 1 aliphatic rings. The van der Waals surface area contributed by atoms with Gasteiger partial charge in [0.1, 0.15) is 0 Å². The largest absolute Gasteiger partial charge is 0.462 e. The van der Waals surface area contributed by atoms with Gasteiger partial charge in [-0.1, -0.05) is 12.1 Å². The monoisotopic (exact) mass is 277 g/mol. The highest BCUT2D eigenvalue weighted by Crippen LogP contribution is 2.21. The normalized spacial score (nSPS) is 22.5. The van der Waals surface area contributed by atoms with Crippen LogP contribution in [-0.2, 0) is 16.1 Å². The van der Waals surface area contributed by atoms with E-state index in [1.54, 1.807) is 13.0 Å². The van der Waals surface area contributed by atoms with Crippen molar-refractivity contribution in [3.05, 3.63) is 35.4 Å². The molecule has 0 saturated heterocycles. The SMILES string of the molecule is CCOC(=O)c1cccc(COC2CCC(N)CC2)c1. The Morgan fingerprint density at radius 1 is 1.30 bits per heavy atom. The van der Waals surface area contributed by atoms with Gasteiger partial charge in [0, 0.05) is 6.04 Å². The summed E-state index contributed by atoms with van der Waals surface area (Å²) < 4.78 is 10.9. The first-order valence-electron chi connectivity index (χ1n) is 7.32. The summed E-state index contributed by atoms with van der Waals surface area (Å²) in [5, 5.41) is 0. The van der Waals surface area contributed by atoms with Crippen LogP contribution in [-0.4, -0.2) is 24.7 Å². The van der Waals surface area contributed by atoms with Crippen LogP contribution in [0, 0.1) is 0 Å². The van der Waals surface area contributed by atoms with E-state index in [1.807, 2.05) is 18.2 Å². The highest BCUT2D eigenvalue weighted by Gasteiger charge is 2.19. The minimum atomic E-state index is -0.280. The molecule has 2 N–H and O–H groups in total. The smallest absolute Gasteiger partial charge is 0.338 e. The molecule has 1 aromatic carbocycles. The van der Waals surface area contributed by atoms with Gasteiger partial charge >= 0.3 is 5.97 Å². The first-order chi connectivity index (χ1) is 9.69. The lowest BCUT2D eigenvalue weighted by Gasteiger charge is -2.26. The van der Waals surface area contributed by atoms with Crippen molar-refractivity contribution in [1.29, 1.82) is 0 Å². The molecule has 2 rings (SSSR count). The average molecular weight is 277 g/mol. The number of hydrogen-bond donors (Lipinski definition) is 1. The topological polar surface area (TPSA) is 61.5 Å². The van der Waals surface area contributed by atoms with Gasteiger partial charge in [-0.15, -0.1) is 0 Å². The van der Waals surface area contributed by atoms with Crippen LogP contribution in [0.4, 0.5) is 0 Å². The van der Waals surface area contributed by atoms with Gasteiger partial charge in [0.2, 0.25) is 0 Å². The molecule has 0 bridgehead atoms. The highest BCUT2D eigenvalue weighted by molar-refractivity contribution is 5.89. The third-order valence-electron chi connectivity index (χ3n) is 3.64. The first kappa shape index (κ1) is 15.0. The number of carbonyl (C=O) groups excluding carboxylic acids is 1. The molecule has 1 aliphatic carbocycles. The Bertz CT molecular complexity index is 439. The summed E-state index contributed by atoms with van der Waals surface area (Å²) in [4.78, 5) is 11.7. The zero-order valence-electron chi connectivity index (χ0n) is 12.0. The van der Waals surface area contributed by atoms with Crippen molar-refractivity contribution in [2.45, 2.75) is 51.4 Å². The molecule has 0 aromatic heterocycles. The molecule has 4 nitrogen and oxygen atoms in total. The first-order valence-corrected chi connectivity index (χ1v) is 7.32. The summed E-state index contributed by atoms with van der Waals surface area (Å²) in [5.74, 6) is -0.280. The second-order valence-electron chi connectivity index (χ2n) is 5.27. The zero-order valence-corrected chi connectivity index (χ0v) is 12.0.